The molecule has 36 heavy (non-hydrogen) atoms. The summed E-state index contributed by atoms with van der Waals surface area (Å²) in [5.41, 5.74) is 3.59. The Hall–Kier alpha value is -4.00. The maximum atomic E-state index is 13.0. The number of para-hydroxylation sites is 2. The van der Waals surface area contributed by atoms with Gasteiger partial charge in [-0.15, -0.1) is 0 Å². The molecule has 0 spiro atoms. The molecule has 2 aromatic carbocycles. The number of carbonyl (C=O) groups is 2. The lowest BCUT2D eigenvalue weighted by Gasteiger charge is -2.20. The average molecular weight is 485 g/mol. The van der Waals surface area contributed by atoms with Crippen molar-refractivity contribution in [1.29, 1.82) is 0 Å². The van der Waals surface area contributed by atoms with Gasteiger partial charge in [-0.05, 0) is 36.5 Å². The van der Waals surface area contributed by atoms with Gasteiger partial charge in [0, 0.05) is 32.1 Å². The lowest BCUT2D eigenvalue weighted by molar-refractivity contribution is -0.115. The summed E-state index contributed by atoms with van der Waals surface area (Å²) in [5, 5.41) is 15.1. The van der Waals surface area contributed by atoms with Crippen molar-refractivity contribution in [2.24, 2.45) is 4.99 Å². The quantitative estimate of drug-likeness (QED) is 0.347. The van der Waals surface area contributed by atoms with Gasteiger partial charge in [-0.3, -0.25) is 9.59 Å². The van der Waals surface area contributed by atoms with Crippen LogP contribution >= 0.6 is 0 Å². The van der Waals surface area contributed by atoms with Gasteiger partial charge >= 0.3 is 0 Å². The Morgan fingerprint density at radius 1 is 1.06 bits per heavy atom. The lowest BCUT2D eigenvalue weighted by Crippen LogP contribution is -2.21. The van der Waals surface area contributed by atoms with Gasteiger partial charge in [0.1, 0.15) is 23.0 Å². The second-order valence-corrected chi connectivity index (χ2v) is 9.20. The van der Waals surface area contributed by atoms with Crippen molar-refractivity contribution < 1.29 is 24.0 Å². The molecule has 1 atom stereocenters. The number of fused-ring (bicyclic) bond motifs is 1. The van der Waals surface area contributed by atoms with E-state index in [-0.39, 0.29) is 35.2 Å². The molecule has 0 bridgehead atoms. The molecule has 1 N–H and O–H groups in total. The van der Waals surface area contributed by atoms with Crippen molar-refractivity contribution >= 4 is 23.0 Å². The molecule has 3 aromatic rings. The number of benzene rings is 2. The van der Waals surface area contributed by atoms with E-state index in [0.717, 1.165) is 5.56 Å². The number of aliphatic imine (C=N–C) groups is 1. The molecule has 1 aromatic heterocycles. The summed E-state index contributed by atoms with van der Waals surface area (Å²) in [4.78, 5) is 30.5. The van der Waals surface area contributed by atoms with Gasteiger partial charge in [0.2, 0.25) is 0 Å². The summed E-state index contributed by atoms with van der Waals surface area (Å²) in [5.74, 6) is 1.10. The first kappa shape index (κ1) is 23.7. The third-order valence-electron chi connectivity index (χ3n) is 6.86. The lowest BCUT2D eigenvalue weighted by atomic mass is 9.81. The van der Waals surface area contributed by atoms with Crippen LogP contribution in [0.3, 0.4) is 0 Å². The molecule has 7 nitrogen and oxygen atoms in total. The van der Waals surface area contributed by atoms with Crippen molar-refractivity contribution in [1.82, 2.24) is 5.16 Å². The van der Waals surface area contributed by atoms with Gasteiger partial charge in [-0.2, -0.15) is 0 Å². The molecule has 0 radical (unpaired) electrons. The van der Waals surface area contributed by atoms with Crippen LogP contribution in [0.4, 0.5) is 5.69 Å². The summed E-state index contributed by atoms with van der Waals surface area (Å²) in [6.07, 6.45) is 3.10. The van der Waals surface area contributed by atoms with Crippen molar-refractivity contribution in [3.8, 4) is 5.75 Å². The van der Waals surface area contributed by atoms with Crippen LogP contribution in [0.1, 0.15) is 65.4 Å². The van der Waals surface area contributed by atoms with Crippen molar-refractivity contribution in [2.75, 3.05) is 7.11 Å². The molecule has 2 aliphatic carbocycles. The summed E-state index contributed by atoms with van der Waals surface area (Å²) < 4.78 is 10.9. The zero-order chi connectivity index (χ0) is 25.1. The van der Waals surface area contributed by atoms with Crippen molar-refractivity contribution in [3.63, 3.8) is 0 Å². The largest absolute Gasteiger partial charge is 0.511 e. The maximum absolute atomic E-state index is 13.0. The number of hydrogen-bond acceptors (Lipinski definition) is 7. The van der Waals surface area contributed by atoms with Gasteiger partial charge in [0.25, 0.3) is 0 Å². The van der Waals surface area contributed by atoms with E-state index in [4.69, 9.17) is 9.26 Å². The Morgan fingerprint density at radius 3 is 2.64 bits per heavy atom. The van der Waals surface area contributed by atoms with Crippen LogP contribution in [0.15, 0.2) is 75.4 Å². The topological polar surface area (TPSA) is 102 Å². The number of carbonyl (C=O) groups excluding carboxylic acids is 2. The van der Waals surface area contributed by atoms with E-state index in [9.17, 15) is 14.7 Å². The third-order valence-corrected chi connectivity index (χ3v) is 6.86. The molecule has 0 amide bonds. The predicted molar refractivity (Wildman–Crippen MR) is 135 cm³/mol. The minimum Gasteiger partial charge on any atom is -0.511 e. The molecule has 1 unspecified atom stereocenters. The Bertz CT molecular complexity index is 1350. The summed E-state index contributed by atoms with van der Waals surface area (Å²) in [6, 6.07) is 17.3. The predicted octanol–water partition coefficient (Wildman–Crippen LogP) is 5.87. The van der Waals surface area contributed by atoms with E-state index in [2.05, 4.69) is 10.1 Å². The molecular formula is C29H28N2O5. The zero-order valence-electron chi connectivity index (χ0n) is 20.2. The van der Waals surface area contributed by atoms with Crippen molar-refractivity contribution in [3.05, 3.63) is 88.5 Å². The molecule has 7 heteroatoms. The number of aromatic nitrogens is 1. The number of rotatable bonds is 6. The second-order valence-electron chi connectivity index (χ2n) is 9.20. The van der Waals surface area contributed by atoms with Gasteiger partial charge in [-0.25, -0.2) is 4.99 Å². The van der Waals surface area contributed by atoms with Gasteiger partial charge in [0.15, 0.2) is 11.6 Å². The van der Waals surface area contributed by atoms with E-state index in [0.29, 0.717) is 72.7 Å². The molecule has 184 valence electrons. The fourth-order valence-electron chi connectivity index (χ4n) is 5.07. The number of aliphatic hydroxyl groups excluding tert-OH is 1. The van der Waals surface area contributed by atoms with E-state index in [1.54, 1.807) is 13.2 Å². The van der Waals surface area contributed by atoms with Crippen LogP contribution in [0, 0.1) is 0 Å². The van der Waals surface area contributed by atoms with Crippen molar-refractivity contribution in [2.45, 2.75) is 50.9 Å². The SMILES string of the molecule is COc1ccccc1N=C1CCCC(=O)/C1=C(/O)CCc1noc2c1C(=O)CC(c1ccccc1)C2. The highest BCUT2D eigenvalue weighted by molar-refractivity contribution is 6.24. The van der Waals surface area contributed by atoms with Gasteiger partial charge < -0.3 is 14.4 Å². The average Bonchev–Trinajstić information content (AvgIpc) is 3.32. The molecule has 1 heterocycles. The second kappa shape index (κ2) is 10.3. The smallest absolute Gasteiger partial charge is 0.168 e. The van der Waals surface area contributed by atoms with Gasteiger partial charge in [-0.1, -0.05) is 47.6 Å². The third kappa shape index (κ3) is 4.73. The monoisotopic (exact) mass is 484 g/mol. The normalized spacial score (nSPS) is 20.4. The molecule has 0 aliphatic heterocycles. The number of Topliss-reactive ketones (excluding diaryl/α,β-unsaturated/α-hetero) is 2. The number of aliphatic hydroxyl groups is 1. The molecule has 2 aliphatic rings. The summed E-state index contributed by atoms with van der Waals surface area (Å²) >= 11 is 0. The fourth-order valence-corrected chi connectivity index (χ4v) is 5.07. The number of allylic oxidation sites excluding steroid dienone is 2. The van der Waals surface area contributed by atoms with Crippen LogP contribution in [0.2, 0.25) is 0 Å². The van der Waals surface area contributed by atoms with Crippen LogP contribution < -0.4 is 4.74 Å². The van der Waals surface area contributed by atoms with Gasteiger partial charge in [0.05, 0.1) is 29.7 Å². The van der Waals surface area contributed by atoms with Crippen LogP contribution in [0.25, 0.3) is 0 Å². The van der Waals surface area contributed by atoms with E-state index >= 15 is 0 Å². The molecule has 1 saturated carbocycles. The van der Waals surface area contributed by atoms with Crippen LogP contribution in [0.5, 0.6) is 5.75 Å². The summed E-state index contributed by atoms with van der Waals surface area (Å²) in [7, 11) is 1.57. The van der Waals surface area contributed by atoms with Crippen LogP contribution in [-0.4, -0.2) is 34.7 Å². The number of nitrogens with zero attached hydrogens (tertiary/aromatic N) is 2. The minimum absolute atomic E-state index is 0.000614. The molecular weight excluding hydrogens is 456 g/mol. The Morgan fingerprint density at radius 2 is 1.83 bits per heavy atom. The maximum Gasteiger partial charge on any atom is 0.168 e. The van der Waals surface area contributed by atoms with E-state index < -0.39 is 0 Å². The van der Waals surface area contributed by atoms with E-state index in [1.807, 2.05) is 48.5 Å². The Balaban J connectivity index is 1.37. The van der Waals surface area contributed by atoms with E-state index in [1.165, 1.54) is 0 Å². The Kier molecular flexibility index (Phi) is 6.80. The first-order valence-corrected chi connectivity index (χ1v) is 12.3. The number of hydrogen-bond donors (Lipinski definition) is 1. The minimum atomic E-state index is -0.128. The standard InChI is InChI=1S/C29H28N2O5/c1-35-26-13-6-5-10-20(26)30-21-11-7-12-23(32)28(21)24(33)15-14-22-29-25(34)16-19(17-27(29)36-31-22)18-8-3-2-4-9-18/h2-6,8-10,13,19,33H,7,11-12,14-17H2,1H3/b28-24+,30-21?. The number of aryl methyl sites for hydroxylation is 1. The molecule has 5 rings (SSSR count). The fraction of sp³-hybridized carbons (Fsp3) is 0.310. The number of methoxy groups -OCH3 is 1. The molecule has 1 fully saturated rings. The number of ketones is 2. The zero-order valence-corrected chi connectivity index (χ0v) is 20.2. The highest BCUT2D eigenvalue weighted by atomic mass is 16.5. The summed E-state index contributed by atoms with van der Waals surface area (Å²) in [6.45, 7) is 0. The molecule has 0 saturated heterocycles. The Labute approximate surface area is 209 Å². The number of ether oxygens (including phenoxy) is 1. The highest BCUT2D eigenvalue weighted by Crippen LogP contribution is 2.35. The first-order chi connectivity index (χ1) is 17.5. The highest BCUT2D eigenvalue weighted by Gasteiger charge is 2.33. The first-order valence-electron chi connectivity index (χ1n) is 12.3. The van der Waals surface area contributed by atoms with Crippen LogP contribution in [-0.2, 0) is 17.6 Å².